The van der Waals surface area contributed by atoms with Crippen LogP contribution in [-0.4, -0.2) is 23.5 Å². The SMILES string of the molecule is CCC(CC)(CNC(=O)C1(C#N)CCCC1)SC. The first-order chi connectivity index (χ1) is 8.58. The molecule has 3 nitrogen and oxygen atoms in total. The molecule has 0 saturated heterocycles. The number of rotatable bonds is 6. The molecule has 0 unspecified atom stereocenters. The average Bonchev–Trinajstić information content (AvgIpc) is 2.91. The summed E-state index contributed by atoms with van der Waals surface area (Å²) >= 11 is 1.81. The fraction of sp³-hybridized carbons (Fsp3) is 0.857. The van der Waals surface area contributed by atoms with E-state index in [4.69, 9.17) is 0 Å². The Morgan fingerprint density at radius 2 is 1.94 bits per heavy atom. The van der Waals surface area contributed by atoms with Crippen molar-refractivity contribution in [2.45, 2.75) is 57.1 Å². The van der Waals surface area contributed by atoms with Crippen molar-refractivity contribution in [1.82, 2.24) is 5.32 Å². The highest BCUT2D eigenvalue weighted by molar-refractivity contribution is 8.00. The third kappa shape index (κ3) is 3.00. The van der Waals surface area contributed by atoms with Crippen LogP contribution in [0.3, 0.4) is 0 Å². The van der Waals surface area contributed by atoms with E-state index >= 15 is 0 Å². The summed E-state index contributed by atoms with van der Waals surface area (Å²) in [6.07, 6.45) is 7.59. The van der Waals surface area contributed by atoms with E-state index in [1.807, 2.05) is 11.8 Å². The number of nitriles is 1. The second kappa shape index (κ2) is 6.47. The van der Waals surface area contributed by atoms with Crippen LogP contribution in [-0.2, 0) is 4.79 Å². The number of thioether (sulfide) groups is 1. The molecule has 0 spiro atoms. The highest BCUT2D eigenvalue weighted by atomic mass is 32.2. The van der Waals surface area contributed by atoms with Crippen LogP contribution in [0.2, 0.25) is 0 Å². The number of amides is 1. The van der Waals surface area contributed by atoms with E-state index in [1.165, 1.54) is 0 Å². The molecule has 1 N–H and O–H groups in total. The molecule has 0 atom stereocenters. The topological polar surface area (TPSA) is 52.9 Å². The molecule has 0 bridgehead atoms. The predicted molar refractivity (Wildman–Crippen MR) is 76.4 cm³/mol. The summed E-state index contributed by atoms with van der Waals surface area (Å²) in [7, 11) is 0. The smallest absolute Gasteiger partial charge is 0.240 e. The summed E-state index contributed by atoms with van der Waals surface area (Å²) < 4.78 is 0.116. The third-order valence-corrected chi connectivity index (χ3v) is 5.99. The lowest BCUT2D eigenvalue weighted by molar-refractivity contribution is -0.128. The molecular weight excluding hydrogens is 244 g/mol. The summed E-state index contributed by atoms with van der Waals surface area (Å²) in [4.78, 5) is 12.2. The van der Waals surface area contributed by atoms with Crippen LogP contribution in [0.1, 0.15) is 52.4 Å². The minimum absolute atomic E-state index is 0.0529. The van der Waals surface area contributed by atoms with Gasteiger partial charge < -0.3 is 5.32 Å². The lowest BCUT2D eigenvalue weighted by Gasteiger charge is -2.31. The molecular formula is C14H24N2OS. The zero-order chi connectivity index (χ0) is 13.6. The molecule has 0 aliphatic heterocycles. The van der Waals surface area contributed by atoms with Gasteiger partial charge in [0.2, 0.25) is 5.91 Å². The van der Waals surface area contributed by atoms with Crippen molar-refractivity contribution in [3.63, 3.8) is 0 Å². The first-order valence-corrected chi connectivity index (χ1v) is 8.05. The van der Waals surface area contributed by atoms with Gasteiger partial charge in [0.15, 0.2) is 0 Å². The van der Waals surface area contributed by atoms with Crippen LogP contribution >= 0.6 is 11.8 Å². The number of nitrogens with zero attached hydrogens (tertiary/aromatic N) is 1. The number of carbonyl (C=O) groups is 1. The Bertz CT molecular complexity index is 317. The maximum Gasteiger partial charge on any atom is 0.240 e. The number of nitrogens with one attached hydrogen (secondary N) is 1. The van der Waals surface area contributed by atoms with Gasteiger partial charge in [0.25, 0.3) is 0 Å². The standard InChI is InChI=1S/C14H24N2OS/c1-4-14(5-2,18-3)11-16-12(17)13(10-15)8-6-7-9-13/h4-9,11H2,1-3H3,(H,16,17). The van der Waals surface area contributed by atoms with Crippen molar-refractivity contribution >= 4 is 17.7 Å². The van der Waals surface area contributed by atoms with E-state index in [0.717, 1.165) is 38.5 Å². The van der Waals surface area contributed by atoms with Crippen molar-refractivity contribution < 1.29 is 4.79 Å². The normalized spacial score (nSPS) is 18.3. The molecule has 102 valence electrons. The minimum atomic E-state index is -0.744. The Balaban J connectivity index is 2.63. The largest absolute Gasteiger partial charge is 0.353 e. The summed E-state index contributed by atoms with van der Waals surface area (Å²) in [6.45, 7) is 4.98. The van der Waals surface area contributed by atoms with Gasteiger partial charge in [-0.3, -0.25) is 4.79 Å². The van der Waals surface area contributed by atoms with Crippen molar-refractivity contribution in [2.24, 2.45) is 5.41 Å². The number of carbonyl (C=O) groups excluding carboxylic acids is 1. The van der Waals surface area contributed by atoms with Gasteiger partial charge in [-0.15, -0.1) is 0 Å². The fourth-order valence-corrected chi connectivity index (χ4v) is 3.43. The van der Waals surface area contributed by atoms with Gasteiger partial charge in [0, 0.05) is 11.3 Å². The second-order valence-electron chi connectivity index (χ2n) is 5.18. The van der Waals surface area contributed by atoms with Crippen LogP contribution in [0.25, 0.3) is 0 Å². The molecule has 0 heterocycles. The van der Waals surface area contributed by atoms with Crippen LogP contribution in [0, 0.1) is 16.7 Å². The first-order valence-electron chi connectivity index (χ1n) is 6.83. The van der Waals surface area contributed by atoms with Gasteiger partial charge in [-0.2, -0.15) is 17.0 Å². The molecule has 1 rings (SSSR count). The van der Waals surface area contributed by atoms with E-state index in [0.29, 0.717) is 6.54 Å². The molecule has 1 aliphatic rings. The van der Waals surface area contributed by atoms with E-state index in [-0.39, 0.29) is 10.7 Å². The van der Waals surface area contributed by atoms with Gasteiger partial charge in [0.1, 0.15) is 5.41 Å². The zero-order valence-corrected chi connectivity index (χ0v) is 12.5. The quantitative estimate of drug-likeness (QED) is 0.805. The van der Waals surface area contributed by atoms with E-state index < -0.39 is 5.41 Å². The summed E-state index contributed by atoms with van der Waals surface area (Å²) in [5.41, 5.74) is -0.744. The van der Waals surface area contributed by atoms with Crippen molar-refractivity contribution in [3.05, 3.63) is 0 Å². The van der Waals surface area contributed by atoms with Gasteiger partial charge >= 0.3 is 0 Å². The molecule has 1 aliphatic carbocycles. The van der Waals surface area contributed by atoms with Gasteiger partial charge in [-0.25, -0.2) is 0 Å². The van der Waals surface area contributed by atoms with Crippen LogP contribution in [0.15, 0.2) is 0 Å². The van der Waals surface area contributed by atoms with Crippen LogP contribution in [0.5, 0.6) is 0 Å². The minimum Gasteiger partial charge on any atom is -0.353 e. The monoisotopic (exact) mass is 268 g/mol. The van der Waals surface area contributed by atoms with Crippen molar-refractivity contribution in [3.8, 4) is 6.07 Å². The van der Waals surface area contributed by atoms with Crippen LogP contribution < -0.4 is 5.32 Å². The molecule has 0 radical (unpaired) electrons. The molecule has 1 saturated carbocycles. The fourth-order valence-electron chi connectivity index (χ4n) is 2.64. The van der Waals surface area contributed by atoms with Gasteiger partial charge in [-0.1, -0.05) is 26.7 Å². The van der Waals surface area contributed by atoms with Crippen molar-refractivity contribution in [2.75, 3.05) is 12.8 Å². The lowest BCUT2D eigenvalue weighted by Crippen LogP contribution is -2.45. The Hall–Kier alpha value is -0.690. The van der Waals surface area contributed by atoms with E-state index in [9.17, 15) is 10.1 Å². The molecule has 0 aromatic carbocycles. The zero-order valence-electron chi connectivity index (χ0n) is 11.7. The molecule has 0 aromatic rings. The maximum absolute atomic E-state index is 12.2. The molecule has 4 heteroatoms. The number of hydrogen-bond donors (Lipinski definition) is 1. The maximum atomic E-state index is 12.2. The Morgan fingerprint density at radius 1 is 1.39 bits per heavy atom. The second-order valence-corrected chi connectivity index (χ2v) is 6.45. The molecule has 18 heavy (non-hydrogen) atoms. The molecule has 1 fully saturated rings. The average molecular weight is 268 g/mol. The summed E-state index contributed by atoms with van der Waals surface area (Å²) in [6, 6.07) is 2.25. The van der Waals surface area contributed by atoms with Crippen molar-refractivity contribution in [1.29, 1.82) is 5.26 Å². The summed E-state index contributed by atoms with van der Waals surface area (Å²) in [5.74, 6) is -0.0529. The van der Waals surface area contributed by atoms with Gasteiger partial charge in [0.05, 0.1) is 6.07 Å². The molecule has 0 aromatic heterocycles. The van der Waals surface area contributed by atoms with Gasteiger partial charge in [-0.05, 0) is 31.9 Å². The Morgan fingerprint density at radius 3 is 2.33 bits per heavy atom. The Labute approximate surface area is 115 Å². The molecule has 1 amide bonds. The lowest BCUT2D eigenvalue weighted by atomic mass is 9.86. The third-order valence-electron chi connectivity index (χ3n) is 4.40. The Kier molecular flexibility index (Phi) is 5.52. The predicted octanol–water partition coefficient (Wildman–Crippen LogP) is 3.11. The first kappa shape index (κ1) is 15.4. The van der Waals surface area contributed by atoms with E-state index in [1.54, 1.807) is 0 Å². The van der Waals surface area contributed by atoms with Crippen LogP contribution in [0.4, 0.5) is 0 Å². The summed E-state index contributed by atoms with van der Waals surface area (Å²) in [5, 5.41) is 12.3. The van der Waals surface area contributed by atoms with E-state index in [2.05, 4.69) is 31.5 Å². The highest BCUT2D eigenvalue weighted by Crippen LogP contribution is 2.38. The number of hydrogen-bond acceptors (Lipinski definition) is 3. The highest BCUT2D eigenvalue weighted by Gasteiger charge is 2.42.